The summed E-state index contributed by atoms with van der Waals surface area (Å²) >= 11 is 0. The summed E-state index contributed by atoms with van der Waals surface area (Å²) in [5, 5.41) is 3.57. The van der Waals surface area contributed by atoms with E-state index in [2.05, 4.69) is 24.1 Å². The zero-order valence-corrected chi connectivity index (χ0v) is 11.5. The van der Waals surface area contributed by atoms with E-state index in [0.29, 0.717) is 5.41 Å². The topological polar surface area (TPSA) is 24.5 Å². The zero-order valence-electron chi connectivity index (χ0n) is 11.5. The molecule has 3 nitrogen and oxygen atoms in total. The lowest BCUT2D eigenvalue weighted by atomic mass is 9.79. The Hall–Kier alpha value is -0.120. The lowest BCUT2D eigenvalue weighted by molar-refractivity contribution is -0.00524. The van der Waals surface area contributed by atoms with Gasteiger partial charge in [0.05, 0.1) is 0 Å². The van der Waals surface area contributed by atoms with Crippen molar-refractivity contribution in [1.82, 2.24) is 10.2 Å². The molecule has 1 unspecified atom stereocenters. The minimum atomic E-state index is 0.465. The van der Waals surface area contributed by atoms with Gasteiger partial charge < -0.3 is 15.0 Å². The summed E-state index contributed by atoms with van der Waals surface area (Å²) in [6, 6.07) is 0.788. The fraction of sp³-hybridized carbons (Fsp3) is 1.00. The minimum absolute atomic E-state index is 0.465. The van der Waals surface area contributed by atoms with Gasteiger partial charge in [-0.25, -0.2) is 0 Å². The number of nitrogens with one attached hydrogen (secondary N) is 1. The molecular formula is C14H28N2O. The second-order valence-electron chi connectivity index (χ2n) is 5.85. The second kappa shape index (κ2) is 6.17. The summed E-state index contributed by atoms with van der Waals surface area (Å²) in [6.45, 7) is 11.3. The molecular weight excluding hydrogens is 212 g/mol. The van der Waals surface area contributed by atoms with E-state index in [1.54, 1.807) is 0 Å². The van der Waals surface area contributed by atoms with Crippen LogP contribution in [0, 0.1) is 5.41 Å². The van der Waals surface area contributed by atoms with E-state index in [-0.39, 0.29) is 0 Å². The molecule has 0 radical (unpaired) electrons. The largest absolute Gasteiger partial charge is 0.381 e. The van der Waals surface area contributed by atoms with Gasteiger partial charge in [-0.3, -0.25) is 0 Å². The van der Waals surface area contributed by atoms with Gasteiger partial charge in [-0.1, -0.05) is 6.92 Å². The van der Waals surface area contributed by atoms with E-state index in [1.807, 2.05) is 0 Å². The molecule has 17 heavy (non-hydrogen) atoms. The van der Waals surface area contributed by atoms with Crippen LogP contribution in [0.2, 0.25) is 0 Å². The molecule has 0 spiro atoms. The molecule has 2 aliphatic rings. The van der Waals surface area contributed by atoms with Gasteiger partial charge in [-0.05, 0) is 51.1 Å². The Morgan fingerprint density at radius 3 is 2.71 bits per heavy atom. The second-order valence-corrected chi connectivity index (χ2v) is 5.85. The van der Waals surface area contributed by atoms with E-state index in [0.717, 1.165) is 32.3 Å². The first-order valence-electron chi connectivity index (χ1n) is 7.28. The monoisotopic (exact) mass is 240 g/mol. The summed E-state index contributed by atoms with van der Waals surface area (Å²) in [6.07, 6.45) is 5.22. The van der Waals surface area contributed by atoms with Crippen LogP contribution < -0.4 is 5.32 Å². The average molecular weight is 240 g/mol. The lowest BCUT2D eigenvalue weighted by Gasteiger charge is -2.41. The first-order valence-corrected chi connectivity index (χ1v) is 7.28. The summed E-state index contributed by atoms with van der Waals surface area (Å²) in [5.41, 5.74) is 0.465. The zero-order chi connectivity index (χ0) is 12.1. The minimum Gasteiger partial charge on any atom is -0.381 e. The summed E-state index contributed by atoms with van der Waals surface area (Å²) in [5.74, 6) is 0. The van der Waals surface area contributed by atoms with E-state index in [1.165, 1.54) is 38.8 Å². The predicted octanol–water partition coefficient (Wildman–Crippen LogP) is 1.88. The Kier molecular flexibility index (Phi) is 4.83. The molecule has 2 rings (SSSR count). The maximum absolute atomic E-state index is 5.55. The van der Waals surface area contributed by atoms with Crippen molar-refractivity contribution in [2.24, 2.45) is 5.41 Å². The quantitative estimate of drug-likeness (QED) is 0.794. The number of ether oxygens (including phenoxy) is 1. The third-order valence-corrected chi connectivity index (χ3v) is 4.53. The normalized spacial score (nSPS) is 29.6. The van der Waals surface area contributed by atoms with E-state index in [9.17, 15) is 0 Å². The van der Waals surface area contributed by atoms with Gasteiger partial charge in [0.25, 0.3) is 0 Å². The maximum atomic E-state index is 5.55. The fourth-order valence-electron chi connectivity index (χ4n) is 3.24. The van der Waals surface area contributed by atoms with Crippen molar-refractivity contribution in [3.63, 3.8) is 0 Å². The van der Waals surface area contributed by atoms with Crippen LogP contribution in [0.5, 0.6) is 0 Å². The Morgan fingerprint density at radius 1 is 1.35 bits per heavy atom. The fourth-order valence-corrected chi connectivity index (χ4v) is 3.24. The third kappa shape index (κ3) is 3.43. The molecule has 0 aromatic rings. The number of nitrogens with zero attached hydrogens (tertiary/aromatic N) is 1. The highest BCUT2D eigenvalue weighted by atomic mass is 16.5. The smallest absolute Gasteiger partial charge is 0.0472 e. The Morgan fingerprint density at radius 2 is 2.12 bits per heavy atom. The number of likely N-dealkylation sites (tertiary alicyclic amines) is 1. The number of hydrogen-bond acceptors (Lipinski definition) is 3. The molecule has 2 aliphatic heterocycles. The van der Waals surface area contributed by atoms with Gasteiger partial charge in [0.2, 0.25) is 0 Å². The molecule has 0 aliphatic carbocycles. The van der Waals surface area contributed by atoms with Crippen LogP contribution in [0.4, 0.5) is 0 Å². The van der Waals surface area contributed by atoms with Gasteiger partial charge in [0.1, 0.15) is 0 Å². The highest BCUT2D eigenvalue weighted by molar-refractivity contribution is 4.90. The van der Waals surface area contributed by atoms with Gasteiger partial charge >= 0.3 is 0 Å². The first-order chi connectivity index (χ1) is 8.26. The molecule has 3 heteroatoms. The molecule has 0 aromatic carbocycles. The Balaban J connectivity index is 1.93. The van der Waals surface area contributed by atoms with Crippen molar-refractivity contribution >= 4 is 0 Å². The van der Waals surface area contributed by atoms with Crippen molar-refractivity contribution in [3.05, 3.63) is 0 Å². The molecule has 100 valence electrons. The lowest BCUT2D eigenvalue weighted by Crippen LogP contribution is -2.48. The van der Waals surface area contributed by atoms with Crippen molar-refractivity contribution < 1.29 is 4.74 Å². The van der Waals surface area contributed by atoms with E-state index >= 15 is 0 Å². The van der Waals surface area contributed by atoms with Gasteiger partial charge in [0.15, 0.2) is 0 Å². The van der Waals surface area contributed by atoms with Crippen molar-refractivity contribution in [1.29, 1.82) is 0 Å². The molecule has 1 atom stereocenters. The van der Waals surface area contributed by atoms with Gasteiger partial charge in [-0.15, -0.1) is 0 Å². The Bertz CT molecular complexity index is 226. The molecule has 2 heterocycles. The Labute approximate surface area is 106 Å². The van der Waals surface area contributed by atoms with Crippen LogP contribution in [0.3, 0.4) is 0 Å². The van der Waals surface area contributed by atoms with Crippen LogP contribution in [-0.2, 0) is 4.74 Å². The number of rotatable bonds is 5. The molecule has 1 N–H and O–H groups in total. The third-order valence-electron chi connectivity index (χ3n) is 4.53. The molecule has 2 saturated heterocycles. The average Bonchev–Trinajstić information content (AvgIpc) is 2.74. The molecule has 0 amide bonds. The predicted molar refractivity (Wildman–Crippen MR) is 71.3 cm³/mol. The maximum Gasteiger partial charge on any atom is 0.0472 e. The molecule has 0 bridgehead atoms. The van der Waals surface area contributed by atoms with Crippen LogP contribution in [0.15, 0.2) is 0 Å². The highest BCUT2D eigenvalue weighted by Gasteiger charge is 2.36. The van der Waals surface area contributed by atoms with Crippen molar-refractivity contribution in [2.75, 3.05) is 39.4 Å². The summed E-state index contributed by atoms with van der Waals surface area (Å²) < 4.78 is 5.55. The SMILES string of the molecule is CCNCC1(CN2CCCC2C)CCOCC1. The molecule has 0 saturated carbocycles. The summed E-state index contributed by atoms with van der Waals surface area (Å²) in [4.78, 5) is 2.70. The number of hydrogen-bond donors (Lipinski definition) is 1. The molecule has 2 fully saturated rings. The van der Waals surface area contributed by atoms with Gasteiger partial charge in [0, 0.05) is 32.3 Å². The highest BCUT2D eigenvalue weighted by Crippen LogP contribution is 2.33. The van der Waals surface area contributed by atoms with Crippen LogP contribution in [0.25, 0.3) is 0 Å². The summed E-state index contributed by atoms with van der Waals surface area (Å²) in [7, 11) is 0. The van der Waals surface area contributed by atoms with Crippen LogP contribution in [-0.4, -0.2) is 50.3 Å². The van der Waals surface area contributed by atoms with Crippen LogP contribution >= 0.6 is 0 Å². The van der Waals surface area contributed by atoms with E-state index in [4.69, 9.17) is 4.74 Å². The van der Waals surface area contributed by atoms with Crippen LogP contribution in [0.1, 0.15) is 39.5 Å². The van der Waals surface area contributed by atoms with Crippen molar-refractivity contribution in [3.8, 4) is 0 Å². The van der Waals surface area contributed by atoms with E-state index < -0.39 is 0 Å². The van der Waals surface area contributed by atoms with Crippen molar-refractivity contribution in [2.45, 2.75) is 45.6 Å². The molecule has 0 aromatic heterocycles. The van der Waals surface area contributed by atoms with Gasteiger partial charge in [-0.2, -0.15) is 0 Å². The standard InChI is InChI=1S/C14H28N2O/c1-3-15-11-14(6-9-17-10-7-14)12-16-8-4-5-13(16)2/h13,15H,3-12H2,1-2H3. The first kappa shape index (κ1) is 13.3.